The molecule has 1 aromatic heterocycles. The van der Waals surface area contributed by atoms with Crippen LogP contribution in [-0.4, -0.2) is 22.3 Å². The minimum absolute atomic E-state index is 0.143. The molecule has 5 nitrogen and oxygen atoms in total. The number of carbonyl (C=O) groups is 1. The third kappa shape index (κ3) is 7.73. The zero-order valence-electron chi connectivity index (χ0n) is 20.3. The van der Waals surface area contributed by atoms with Crippen LogP contribution in [0.15, 0.2) is 84.2 Å². The standard InChI is InChI=1S/C29H30FN3O2S/c1-2-16-31-29(34)27-21-36-28(32-27)19-33(17-22-8-12-25(30)13-9-22)18-23-10-14-26(15-11-23)35-20-24-6-4-3-5-7-24/h3-15,21H,2,16-20H2,1H3,(H,31,34). The maximum Gasteiger partial charge on any atom is 0.270 e. The van der Waals surface area contributed by atoms with Gasteiger partial charge in [0.1, 0.15) is 28.9 Å². The Balaban J connectivity index is 1.42. The lowest BCUT2D eigenvalue weighted by Crippen LogP contribution is -2.25. The van der Waals surface area contributed by atoms with E-state index in [9.17, 15) is 9.18 Å². The van der Waals surface area contributed by atoms with Gasteiger partial charge in [0, 0.05) is 25.0 Å². The number of rotatable bonds is 12. The highest BCUT2D eigenvalue weighted by molar-refractivity contribution is 7.09. The fourth-order valence-corrected chi connectivity index (χ4v) is 4.53. The summed E-state index contributed by atoms with van der Waals surface area (Å²) in [4.78, 5) is 19.1. The molecule has 0 aliphatic carbocycles. The van der Waals surface area contributed by atoms with Gasteiger partial charge in [-0.2, -0.15) is 0 Å². The maximum absolute atomic E-state index is 13.4. The molecule has 7 heteroatoms. The van der Waals surface area contributed by atoms with Gasteiger partial charge in [0.15, 0.2) is 0 Å². The predicted molar refractivity (Wildman–Crippen MR) is 141 cm³/mol. The summed E-state index contributed by atoms with van der Waals surface area (Å²) in [5.41, 5.74) is 3.71. The number of thiazole rings is 1. The lowest BCUT2D eigenvalue weighted by Gasteiger charge is -2.22. The molecule has 3 aromatic carbocycles. The third-order valence-electron chi connectivity index (χ3n) is 5.58. The first-order valence-electron chi connectivity index (χ1n) is 12.0. The smallest absolute Gasteiger partial charge is 0.270 e. The monoisotopic (exact) mass is 503 g/mol. The summed E-state index contributed by atoms with van der Waals surface area (Å²) >= 11 is 1.48. The van der Waals surface area contributed by atoms with Crippen molar-refractivity contribution in [2.45, 2.75) is 39.6 Å². The first kappa shape index (κ1) is 25.5. The highest BCUT2D eigenvalue weighted by Crippen LogP contribution is 2.20. The number of carbonyl (C=O) groups excluding carboxylic acids is 1. The average Bonchev–Trinajstić information content (AvgIpc) is 3.37. The number of nitrogens with zero attached hydrogens (tertiary/aromatic N) is 2. The molecule has 1 amide bonds. The molecule has 186 valence electrons. The molecule has 1 N–H and O–H groups in total. The summed E-state index contributed by atoms with van der Waals surface area (Å²) in [5, 5.41) is 5.53. The van der Waals surface area contributed by atoms with Gasteiger partial charge < -0.3 is 10.1 Å². The first-order valence-corrected chi connectivity index (χ1v) is 12.9. The molecule has 0 saturated heterocycles. The molecule has 0 radical (unpaired) electrons. The van der Waals surface area contributed by atoms with Gasteiger partial charge in [-0.15, -0.1) is 11.3 Å². The van der Waals surface area contributed by atoms with Crippen molar-refractivity contribution in [3.05, 3.63) is 117 Å². The van der Waals surface area contributed by atoms with Crippen LogP contribution >= 0.6 is 11.3 Å². The Labute approximate surface area is 215 Å². The second-order valence-corrected chi connectivity index (χ2v) is 9.51. The molecule has 1 heterocycles. The summed E-state index contributed by atoms with van der Waals surface area (Å²) < 4.78 is 19.3. The normalized spacial score (nSPS) is 11.0. The molecule has 0 bridgehead atoms. The molecule has 4 aromatic rings. The van der Waals surface area contributed by atoms with Crippen molar-refractivity contribution < 1.29 is 13.9 Å². The Morgan fingerprint density at radius 2 is 1.58 bits per heavy atom. The molecule has 0 unspecified atom stereocenters. The van der Waals surface area contributed by atoms with Gasteiger partial charge in [0.05, 0.1) is 6.54 Å². The van der Waals surface area contributed by atoms with Gasteiger partial charge in [-0.25, -0.2) is 9.37 Å². The molecule has 0 spiro atoms. The lowest BCUT2D eigenvalue weighted by atomic mass is 10.1. The Morgan fingerprint density at radius 1 is 0.917 bits per heavy atom. The Hall–Kier alpha value is -3.55. The molecular formula is C29H30FN3O2S. The Bertz CT molecular complexity index is 1230. The van der Waals surface area contributed by atoms with Crippen molar-refractivity contribution in [2.75, 3.05) is 6.54 Å². The topological polar surface area (TPSA) is 54.5 Å². The van der Waals surface area contributed by atoms with Crippen molar-refractivity contribution >= 4 is 17.2 Å². The Kier molecular flexibility index (Phi) is 9.19. The van der Waals surface area contributed by atoms with Crippen LogP contribution in [-0.2, 0) is 26.2 Å². The van der Waals surface area contributed by atoms with E-state index >= 15 is 0 Å². The molecule has 0 saturated carbocycles. The number of hydrogen-bond acceptors (Lipinski definition) is 5. The van der Waals surface area contributed by atoms with E-state index in [2.05, 4.69) is 27.3 Å². The first-order chi connectivity index (χ1) is 17.6. The quantitative estimate of drug-likeness (QED) is 0.250. The van der Waals surface area contributed by atoms with Gasteiger partial charge in [0.2, 0.25) is 0 Å². The van der Waals surface area contributed by atoms with Crippen molar-refractivity contribution in [3.63, 3.8) is 0 Å². The summed E-state index contributed by atoms with van der Waals surface area (Å²) in [6.45, 7) is 5.05. The fraction of sp³-hybridized carbons (Fsp3) is 0.241. The largest absolute Gasteiger partial charge is 0.489 e. The fourth-order valence-electron chi connectivity index (χ4n) is 3.71. The molecule has 0 aliphatic heterocycles. The number of hydrogen-bond donors (Lipinski definition) is 1. The number of ether oxygens (including phenoxy) is 1. The lowest BCUT2D eigenvalue weighted by molar-refractivity contribution is 0.0949. The average molecular weight is 504 g/mol. The van der Waals surface area contributed by atoms with Crippen molar-refractivity contribution in [2.24, 2.45) is 0 Å². The third-order valence-corrected chi connectivity index (χ3v) is 6.41. The SMILES string of the molecule is CCCNC(=O)c1csc(CN(Cc2ccc(F)cc2)Cc2ccc(OCc3ccccc3)cc2)n1. The molecule has 0 fully saturated rings. The summed E-state index contributed by atoms with van der Waals surface area (Å²) in [7, 11) is 0. The summed E-state index contributed by atoms with van der Waals surface area (Å²) in [5.74, 6) is 0.421. The summed E-state index contributed by atoms with van der Waals surface area (Å²) in [6, 6.07) is 24.7. The minimum atomic E-state index is -0.251. The van der Waals surface area contributed by atoms with Crippen LogP contribution in [0, 0.1) is 5.82 Å². The van der Waals surface area contributed by atoms with Gasteiger partial charge >= 0.3 is 0 Å². The molecule has 36 heavy (non-hydrogen) atoms. The highest BCUT2D eigenvalue weighted by atomic mass is 32.1. The van der Waals surface area contributed by atoms with Gasteiger partial charge in [0.25, 0.3) is 5.91 Å². The van der Waals surface area contributed by atoms with E-state index in [1.165, 1.54) is 23.5 Å². The number of nitrogens with one attached hydrogen (secondary N) is 1. The predicted octanol–water partition coefficient (Wildman–Crippen LogP) is 6.20. The van der Waals surface area contributed by atoms with Crippen LogP contribution in [0.4, 0.5) is 4.39 Å². The van der Waals surface area contributed by atoms with Gasteiger partial charge in [-0.1, -0.05) is 61.5 Å². The van der Waals surface area contributed by atoms with E-state index < -0.39 is 0 Å². The van der Waals surface area contributed by atoms with Crippen LogP contribution in [0.25, 0.3) is 0 Å². The molecular weight excluding hydrogens is 473 g/mol. The summed E-state index contributed by atoms with van der Waals surface area (Å²) in [6.07, 6.45) is 0.879. The minimum Gasteiger partial charge on any atom is -0.489 e. The Morgan fingerprint density at radius 3 is 2.25 bits per heavy atom. The molecule has 4 rings (SSSR count). The second-order valence-electron chi connectivity index (χ2n) is 8.57. The maximum atomic E-state index is 13.4. The number of amides is 1. The molecule has 0 aliphatic rings. The van der Waals surface area contributed by atoms with E-state index in [4.69, 9.17) is 4.74 Å². The van der Waals surface area contributed by atoms with E-state index in [-0.39, 0.29) is 11.7 Å². The van der Waals surface area contributed by atoms with Gasteiger partial charge in [-0.3, -0.25) is 9.69 Å². The van der Waals surface area contributed by atoms with Crippen LogP contribution in [0.2, 0.25) is 0 Å². The van der Waals surface area contributed by atoms with Crippen LogP contribution in [0.5, 0.6) is 5.75 Å². The van der Waals surface area contributed by atoms with Gasteiger partial charge in [-0.05, 0) is 47.4 Å². The van der Waals surface area contributed by atoms with Crippen LogP contribution in [0.1, 0.15) is 45.5 Å². The highest BCUT2D eigenvalue weighted by Gasteiger charge is 2.14. The van der Waals surface area contributed by atoms with E-state index in [0.717, 1.165) is 33.9 Å². The second kappa shape index (κ2) is 13.0. The van der Waals surface area contributed by atoms with Crippen molar-refractivity contribution in [3.8, 4) is 5.75 Å². The number of aromatic nitrogens is 1. The number of halogens is 1. The van der Waals surface area contributed by atoms with Crippen LogP contribution in [0.3, 0.4) is 0 Å². The van der Waals surface area contributed by atoms with Crippen molar-refractivity contribution in [1.82, 2.24) is 15.2 Å². The van der Waals surface area contributed by atoms with E-state index in [0.29, 0.717) is 38.5 Å². The zero-order valence-corrected chi connectivity index (χ0v) is 21.1. The van der Waals surface area contributed by atoms with E-state index in [1.54, 1.807) is 17.5 Å². The van der Waals surface area contributed by atoms with Crippen molar-refractivity contribution in [1.29, 1.82) is 0 Å². The zero-order chi connectivity index (χ0) is 25.2. The number of benzene rings is 3. The van der Waals surface area contributed by atoms with E-state index in [1.807, 2.05) is 49.4 Å². The molecule has 0 atom stereocenters. The van der Waals surface area contributed by atoms with Crippen LogP contribution < -0.4 is 10.1 Å².